The van der Waals surface area contributed by atoms with Crippen LogP contribution >= 0.6 is 0 Å². The molecule has 0 aliphatic carbocycles. The van der Waals surface area contributed by atoms with Crippen molar-refractivity contribution in [2.75, 3.05) is 25.6 Å². The number of hydrogen-bond donors (Lipinski definition) is 2. The van der Waals surface area contributed by atoms with E-state index in [9.17, 15) is 13.2 Å². The molecule has 0 fully saturated rings. The number of sulfonamides is 1. The van der Waals surface area contributed by atoms with Gasteiger partial charge in [0.2, 0.25) is 15.9 Å². The molecule has 0 aliphatic rings. The Hall–Kier alpha value is -3.27. The van der Waals surface area contributed by atoms with E-state index in [1.165, 1.54) is 24.3 Å². The van der Waals surface area contributed by atoms with Crippen molar-refractivity contribution in [1.29, 1.82) is 0 Å². The lowest BCUT2D eigenvalue weighted by molar-refractivity contribution is 0.102. The number of aromatic nitrogens is 1. The average Bonchev–Trinajstić information content (AvgIpc) is 2.80. The fraction of sp³-hybridized carbons (Fsp3) is 0.182. The Balaban J connectivity index is 1.72. The van der Waals surface area contributed by atoms with Crippen molar-refractivity contribution in [3.05, 3.63) is 84.1 Å². The molecule has 3 rings (SSSR count). The van der Waals surface area contributed by atoms with Gasteiger partial charge in [-0.1, -0.05) is 36.4 Å². The zero-order chi connectivity index (χ0) is 22.1. The molecule has 162 valence electrons. The van der Waals surface area contributed by atoms with Crippen molar-refractivity contribution >= 4 is 21.6 Å². The van der Waals surface area contributed by atoms with Crippen LogP contribution in [0.1, 0.15) is 15.9 Å². The van der Waals surface area contributed by atoms with E-state index in [1.54, 1.807) is 25.4 Å². The molecule has 3 aromatic rings. The van der Waals surface area contributed by atoms with Gasteiger partial charge in [-0.15, -0.1) is 0 Å². The van der Waals surface area contributed by atoms with Gasteiger partial charge in [0.25, 0.3) is 5.91 Å². The molecule has 9 heteroatoms. The topological polar surface area (TPSA) is 107 Å². The first-order valence-corrected chi connectivity index (χ1v) is 11.0. The van der Waals surface area contributed by atoms with Crippen LogP contribution in [0, 0.1) is 0 Å². The fourth-order valence-electron chi connectivity index (χ4n) is 2.68. The van der Waals surface area contributed by atoms with E-state index in [4.69, 9.17) is 9.47 Å². The number of pyridine rings is 1. The third-order valence-corrected chi connectivity index (χ3v) is 5.66. The molecule has 1 aromatic heterocycles. The molecule has 0 saturated heterocycles. The number of amides is 1. The summed E-state index contributed by atoms with van der Waals surface area (Å²) in [6.07, 6.45) is 1.55. The van der Waals surface area contributed by atoms with Crippen LogP contribution in [0.4, 0.5) is 5.69 Å². The highest BCUT2D eigenvalue weighted by Crippen LogP contribution is 2.22. The minimum atomic E-state index is -3.79. The second kappa shape index (κ2) is 10.7. The van der Waals surface area contributed by atoms with Gasteiger partial charge in [-0.2, -0.15) is 0 Å². The first-order chi connectivity index (χ1) is 15.0. The maximum absolute atomic E-state index is 12.7. The molecular weight excluding hydrogens is 418 g/mol. The van der Waals surface area contributed by atoms with Crippen molar-refractivity contribution in [2.45, 2.75) is 11.4 Å². The van der Waals surface area contributed by atoms with E-state index in [2.05, 4.69) is 15.0 Å². The van der Waals surface area contributed by atoms with E-state index < -0.39 is 15.9 Å². The van der Waals surface area contributed by atoms with Crippen LogP contribution < -0.4 is 14.8 Å². The standard InChI is InChI=1S/C22H23N3O5S/c1-29-13-14-30-22-20(11-6-12-23-22)25-21(26)18-9-5-10-19(15-18)31(27,28)24-16-17-7-3-2-4-8-17/h2-12,15,24H,13-14,16H2,1H3,(H,25,26). The molecule has 2 aromatic carbocycles. The summed E-state index contributed by atoms with van der Waals surface area (Å²) in [6.45, 7) is 0.800. The van der Waals surface area contributed by atoms with Gasteiger partial charge in [0.15, 0.2) is 0 Å². The second-order valence-corrected chi connectivity index (χ2v) is 8.26. The van der Waals surface area contributed by atoms with Crippen LogP contribution in [0.2, 0.25) is 0 Å². The Kier molecular flexibility index (Phi) is 7.71. The molecule has 0 saturated carbocycles. The van der Waals surface area contributed by atoms with E-state index in [-0.39, 0.29) is 29.5 Å². The molecule has 0 radical (unpaired) electrons. The lowest BCUT2D eigenvalue weighted by Crippen LogP contribution is -2.23. The first kappa shape index (κ1) is 22.4. The number of nitrogens with one attached hydrogen (secondary N) is 2. The van der Waals surface area contributed by atoms with Crippen LogP contribution in [-0.4, -0.2) is 39.6 Å². The summed E-state index contributed by atoms with van der Waals surface area (Å²) in [7, 11) is -2.24. The number of hydrogen-bond acceptors (Lipinski definition) is 6. The van der Waals surface area contributed by atoms with Crippen molar-refractivity contribution in [3.8, 4) is 5.88 Å². The summed E-state index contributed by atoms with van der Waals surface area (Å²) in [4.78, 5) is 16.8. The molecule has 1 heterocycles. The average molecular weight is 442 g/mol. The monoisotopic (exact) mass is 441 g/mol. The molecule has 0 aliphatic heterocycles. The van der Waals surface area contributed by atoms with E-state index in [0.29, 0.717) is 12.3 Å². The summed E-state index contributed by atoms with van der Waals surface area (Å²) in [5.41, 5.74) is 1.39. The minimum absolute atomic E-state index is 0.00108. The third kappa shape index (κ3) is 6.35. The van der Waals surface area contributed by atoms with Gasteiger partial charge in [0.05, 0.1) is 11.5 Å². The Morgan fingerprint density at radius 3 is 2.58 bits per heavy atom. The molecular formula is C22H23N3O5S. The van der Waals surface area contributed by atoms with Crippen LogP contribution in [0.15, 0.2) is 77.8 Å². The zero-order valence-electron chi connectivity index (χ0n) is 16.9. The molecule has 8 nitrogen and oxygen atoms in total. The predicted octanol–water partition coefficient (Wildman–Crippen LogP) is 2.84. The van der Waals surface area contributed by atoms with Crippen LogP contribution in [0.5, 0.6) is 5.88 Å². The zero-order valence-corrected chi connectivity index (χ0v) is 17.8. The summed E-state index contributed by atoms with van der Waals surface area (Å²) in [5.74, 6) is -0.231. The molecule has 0 atom stereocenters. The molecule has 1 amide bonds. The first-order valence-electron chi connectivity index (χ1n) is 9.51. The molecule has 0 unspecified atom stereocenters. The van der Waals surface area contributed by atoms with E-state index in [0.717, 1.165) is 5.56 Å². The number of carbonyl (C=O) groups excluding carboxylic acids is 1. The number of anilines is 1. The molecule has 0 spiro atoms. The number of rotatable bonds is 10. The van der Waals surface area contributed by atoms with Gasteiger partial charge >= 0.3 is 0 Å². The molecule has 31 heavy (non-hydrogen) atoms. The van der Waals surface area contributed by atoms with Gasteiger partial charge in [0.1, 0.15) is 12.3 Å². The largest absolute Gasteiger partial charge is 0.474 e. The van der Waals surface area contributed by atoms with E-state index >= 15 is 0 Å². The molecule has 0 bridgehead atoms. The minimum Gasteiger partial charge on any atom is -0.474 e. The summed E-state index contributed by atoms with van der Waals surface area (Å²) < 4.78 is 38.3. The van der Waals surface area contributed by atoms with E-state index in [1.807, 2.05) is 30.3 Å². The van der Waals surface area contributed by atoms with Crippen LogP contribution in [0.25, 0.3) is 0 Å². The maximum atomic E-state index is 12.7. The number of methoxy groups -OCH3 is 1. The fourth-order valence-corrected chi connectivity index (χ4v) is 3.74. The summed E-state index contributed by atoms with van der Waals surface area (Å²) in [6, 6.07) is 18.3. The van der Waals surface area contributed by atoms with Crippen molar-refractivity contribution in [1.82, 2.24) is 9.71 Å². The summed E-state index contributed by atoms with van der Waals surface area (Å²) in [5, 5.41) is 2.71. The molecule has 2 N–H and O–H groups in total. The lowest BCUT2D eigenvalue weighted by atomic mass is 10.2. The van der Waals surface area contributed by atoms with Crippen LogP contribution in [-0.2, 0) is 21.3 Å². The normalized spacial score (nSPS) is 11.1. The smallest absolute Gasteiger partial charge is 0.255 e. The highest BCUT2D eigenvalue weighted by molar-refractivity contribution is 7.89. The van der Waals surface area contributed by atoms with Gasteiger partial charge in [0, 0.05) is 25.4 Å². The van der Waals surface area contributed by atoms with Gasteiger partial charge < -0.3 is 14.8 Å². The maximum Gasteiger partial charge on any atom is 0.255 e. The highest BCUT2D eigenvalue weighted by atomic mass is 32.2. The van der Waals surface area contributed by atoms with Gasteiger partial charge in [-0.05, 0) is 35.9 Å². The Morgan fingerprint density at radius 2 is 1.81 bits per heavy atom. The predicted molar refractivity (Wildman–Crippen MR) is 116 cm³/mol. The van der Waals surface area contributed by atoms with Crippen molar-refractivity contribution < 1.29 is 22.7 Å². The SMILES string of the molecule is COCCOc1ncccc1NC(=O)c1cccc(S(=O)(=O)NCc2ccccc2)c1. The quantitative estimate of drug-likeness (QED) is 0.469. The van der Waals surface area contributed by atoms with Crippen molar-refractivity contribution in [2.24, 2.45) is 0 Å². The summed E-state index contributed by atoms with van der Waals surface area (Å²) >= 11 is 0. The number of benzene rings is 2. The Morgan fingerprint density at radius 1 is 1.00 bits per heavy atom. The Labute approximate surface area is 181 Å². The second-order valence-electron chi connectivity index (χ2n) is 6.49. The van der Waals surface area contributed by atoms with Gasteiger partial charge in [-0.25, -0.2) is 18.1 Å². The van der Waals surface area contributed by atoms with Gasteiger partial charge in [-0.3, -0.25) is 4.79 Å². The lowest BCUT2D eigenvalue weighted by Gasteiger charge is -2.12. The third-order valence-electron chi connectivity index (χ3n) is 4.26. The van der Waals surface area contributed by atoms with Crippen molar-refractivity contribution in [3.63, 3.8) is 0 Å². The number of carbonyl (C=O) groups is 1. The Bertz CT molecular complexity index is 1120. The van der Waals surface area contributed by atoms with Crippen LogP contribution in [0.3, 0.4) is 0 Å². The highest BCUT2D eigenvalue weighted by Gasteiger charge is 2.17. The number of nitrogens with zero attached hydrogens (tertiary/aromatic N) is 1. The number of ether oxygens (including phenoxy) is 2.